The number of pyridine rings is 1. The lowest BCUT2D eigenvalue weighted by Crippen LogP contribution is -2.16. The average Bonchev–Trinajstić information content (AvgIpc) is 3.23. The molecule has 0 saturated carbocycles. The molecular formula is C17H20N4O. The molecule has 1 aliphatic rings. The zero-order chi connectivity index (χ0) is 14.9. The Balaban J connectivity index is 1.69. The molecule has 1 atom stereocenters. The highest BCUT2D eigenvalue weighted by Gasteiger charge is 2.23. The van der Waals surface area contributed by atoms with Crippen LogP contribution >= 0.6 is 0 Å². The van der Waals surface area contributed by atoms with Gasteiger partial charge in [-0.3, -0.25) is 0 Å². The van der Waals surface area contributed by atoms with E-state index in [1.807, 2.05) is 30.5 Å². The molecule has 0 aromatic carbocycles. The van der Waals surface area contributed by atoms with Crippen LogP contribution < -0.4 is 0 Å². The molecule has 1 unspecified atom stereocenters. The second-order valence-corrected chi connectivity index (χ2v) is 6.16. The van der Waals surface area contributed by atoms with Gasteiger partial charge in [-0.2, -0.15) is 0 Å². The number of hydrogen-bond donors (Lipinski definition) is 0. The fraction of sp³-hybridized carbons (Fsp3) is 0.412. The van der Waals surface area contributed by atoms with E-state index in [1.54, 1.807) is 6.26 Å². The lowest BCUT2D eigenvalue weighted by molar-refractivity contribution is 0.391. The maximum Gasteiger partial charge on any atom is 0.160 e. The van der Waals surface area contributed by atoms with Crippen LogP contribution in [0.5, 0.6) is 0 Å². The van der Waals surface area contributed by atoms with Crippen molar-refractivity contribution in [3.8, 4) is 0 Å². The molecule has 114 valence electrons. The van der Waals surface area contributed by atoms with E-state index in [0.29, 0.717) is 12.5 Å². The molecule has 0 amide bonds. The second kappa shape index (κ2) is 5.57. The van der Waals surface area contributed by atoms with Crippen LogP contribution in [0, 0.1) is 5.92 Å². The van der Waals surface area contributed by atoms with Crippen molar-refractivity contribution in [2.45, 2.75) is 19.4 Å². The molecule has 4 rings (SSSR count). The van der Waals surface area contributed by atoms with Crippen LogP contribution in [-0.2, 0) is 13.0 Å². The minimum atomic E-state index is 0.678. The van der Waals surface area contributed by atoms with Crippen LogP contribution in [0.25, 0.3) is 11.2 Å². The van der Waals surface area contributed by atoms with Crippen molar-refractivity contribution < 1.29 is 4.42 Å². The topological polar surface area (TPSA) is 47.1 Å². The van der Waals surface area contributed by atoms with Crippen molar-refractivity contribution in [2.24, 2.45) is 5.92 Å². The van der Waals surface area contributed by atoms with E-state index in [2.05, 4.69) is 21.5 Å². The van der Waals surface area contributed by atoms with Crippen LogP contribution in [0.1, 0.15) is 18.0 Å². The summed E-state index contributed by atoms with van der Waals surface area (Å²) in [5.74, 6) is 2.73. The van der Waals surface area contributed by atoms with Gasteiger partial charge in [0.15, 0.2) is 5.65 Å². The molecule has 5 nitrogen and oxygen atoms in total. The summed E-state index contributed by atoms with van der Waals surface area (Å²) in [5.41, 5.74) is 1.91. The third-order valence-corrected chi connectivity index (χ3v) is 4.44. The van der Waals surface area contributed by atoms with Crippen molar-refractivity contribution in [3.63, 3.8) is 0 Å². The molecule has 3 aromatic heterocycles. The van der Waals surface area contributed by atoms with Crippen LogP contribution in [0.2, 0.25) is 0 Å². The summed E-state index contributed by atoms with van der Waals surface area (Å²) in [4.78, 5) is 11.7. The smallest absolute Gasteiger partial charge is 0.160 e. The van der Waals surface area contributed by atoms with Crippen molar-refractivity contribution in [3.05, 3.63) is 48.3 Å². The summed E-state index contributed by atoms with van der Waals surface area (Å²) in [7, 11) is 2.19. The molecule has 0 radical (unpaired) electrons. The Morgan fingerprint density at radius 1 is 1.32 bits per heavy atom. The minimum Gasteiger partial charge on any atom is -0.467 e. The third kappa shape index (κ3) is 2.52. The molecule has 1 fully saturated rings. The van der Waals surface area contributed by atoms with Crippen LogP contribution in [0.3, 0.4) is 0 Å². The summed E-state index contributed by atoms with van der Waals surface area (Å²) < 4.78 is 7.71. The van der Waals surface area contributed by atoms with E-state index in [-0.39, 0.29) is 0 Å². The van der Waals surface area contributed by atoms with Crippen LogP contribution in [0.4, 0.5) is 0 Å². The molecule has 3 aromatic rings. The maximum atomic E-state index is 5.51. The molecule has 0 aliphatic carbocycles. The van der Waals surface area contributed by atoms with Gasteiger partial charge in [0.2, 0.25) is 0 Å². The number of hydrogen-bond acceptors (Lipinski definition) is 4. The molecule has 0 spiro atoms. The molecule has 1 saturated heterocycles. The monoisotopic (exact) mass is 296 g/mol. The number of fused-ring (bicyclic) bond motifs is 1. The Hall–Kier alpha value is -2.14. The van der Waals surface area contributed by atoms with Crippen molar-refractivity contribution >= 4 is 11.2 Å². The molecule has 4 heterocycles. The van der Waals surface area contributed by atoms with Gasteiger partial charge < -0.3 is 13.9 Å². The van der Waals surface area contributed by atoms with E-state index < -0.39 is 0 Å². The van der Waals surface area contributed by atoms with Gasteiger partial charge in [-0.15, -0.1) is 0 Å². The first kappa shape index (κ1) is 13.5. The minimum absolute atomic E-state index is 0.678. The highest BCUT2D eigenvalue weighted by molar-refractivity contribution is 5.71. The summed E-state index contributed by atoms with van der Waals surface area (Å²) >= 11 is 0. The van der Waals surface area contributed by atoms with Crippen molar-refractivity contribution in [1.82, 2.24) is 19.4 Å². The van der Waals surface area contributed by atoms with Gasteiger partial charge in [0.25, 0.3) is 0 Å². The highest BCUT2D eigenvalue weighted by Crippen LogP contribution is 2.23. The van der Waals surface area contributed by atoms with E-state index in [1.165, 1.54) is 13.0 Å². The van der Waals surface area contributed by atoms with Crippen LogP contribution in [0.15, 0.2) is 41.1 Å². The Morgan fingerprint density at radius 3 is 3.05 bits per heavy atom. The first-order valence-corrected chi connectivity index (χ1v) is 7.80. The van der Waals surface area contributed by atoms with Gasteiger partial charge in [-0.25, -0.2) is 9.97 Å². The third-order valence-electron chi connectivity index (χ3n) is 4.44. The largest absolute Gasteiger partial charge is 0.467 e. The molecule has 0 bridgehead atoms. The standard InChI is InChI=1S/C17H20N4O/c1-20-8-6-13(11-20)10-16-19-15-5-2-7-18-17(15)21(16)12-14-4-3-9-22-14/h2-5,7,9,13H,6,8,10-12H2,1H3. The normalized spacial score (nSPS) is 19.2. The van der Waals surface area contributed by atoms with Gasteiger partial charge in [0.1, 0.15) is 17.1 Å². The van der Waals surface area contributed by atoms with E-state index in [0.717, 1.165) is 35.7 Å². The predicted molar refractivity (Wildman–Crippen MR) is 84.6 cm³/mol. The highest BCUT2D eigenvalue weighted by atomic mass is 16.3. The molecule has 5 heteroatoms. The van der Waals surface area contributed by atoms with E-state index >= 15 is 0 Å². The number of likely N-dealkylation sites (tertiary alicyclic amines) is 1. The average molecular weight is 296 g/mol. The molecular weight excluding hydrogens is 276 g/mol. The fourth-order valence-electron chi connectivity index (χ4n) is 3.34. The van der Waals surface area contributed by atoms with E-state index in [4.69, 9.17) is 9.40 Å². The Morgan fingerprint density at radius 2 is 2.27 bits per heavy atom. The Labute approximate surface area is 129 Å². The van der Waals surface area contributed by atoms with Gasteiger partial charge in [0.05, 0.1) is 12.8 Å². The van der Waals surface area contributed by atoms with Gasteiger partial charge in [0, 0.05) is 19.2 Å². The zero-order valence-electron chi connectivity index (χ0n) is 12.8. The SMILES string of the molecule is CN1CCC(Cc2nc3cccnc3n2Cc2ccco2)C1. The molecule has 0 N–H and O–H groups in total. The summed E-state index contributed by atoms with van der Waals surface area (Å²) in [5, 5.41) is 0. The van der Waals surface area contributed by atoms with Crippen molar-refractivity contribution in [1.29, 1.82) is 0 Å². The number of imidazole rings is 1. The zero-order valence-corrected chi connectivity index (χ0v) is 12.8. The number of nitrogens with zero attached hydrogens (tertiary/aromatic N) is 4. The number of furan rings is 1. The van der Waals surface area contributed by atoms with E-state index in [9.17, 15) is 0 Å². The fourth-order valence-corrected chi connectivity index (χ4v) is 3.34. The maximum absolute atomic E-state index is 5.51. The Kier molecular flexibility index (Phi) is 3.42. The second-order valence-electron chi connectivity index (χ2n) is 6.16. The van der Waals surface area contributed by atoms with Gasteiger partial charge in [-0.05, 0) is 50.2 Å². The lowest BCUT2D eigenvalue weighted by atomic mass is 10.0. The predicted octanol–water partition coefficient (Wildman–Crippen LogP) is 2.57. The number of rotatable bonds is 4. The van der Waals surface area contributed by atoms with Crippen molar-refractivity contribution in [2.75, 3.05) is 20.1 Å². The molecule has 1 aliphatic heterocycles. The molecule has 22 heavy (non-hydrogen) atoms. The van der Waals surface area contributed by atoms with Gasteiger partial charge in [-0.1, -0.05) is 0 Å². The summed E-state index contributed by atoms with van der Waals surface area (Å²) in [6.45, 7) is 3.02. The summed E-state index contributed by atoms with van der Waals surface area (Å²) in [6.07, 6.45) is 5.79. The Bertz CT molecular complexity index is 762. The lowest BCUT2D eigenvalue weighted by Gasteiger charge is -2.12. The van der Waals surface area contributed by atoms with Gasteiger partial charge >= 0.3 is 0 Å². The first-order chi connectivity index (χ1) is 10.8. The summed E-state index contributed by atoms with van der Waals surface area (Å²) in [6, 6.07) is 7.90. The van der Waals surface area contributed by atoms with Crippen LogP contribution in [-0.4, -0.2) is 39.6 Å². The first-order valence-electron chi connectivity index (χ1n) is 7.80. The number of aromatic nitrogens is 3. The quantitative estimate of drug-likeness (QED) is 0.742.